The SMILES string of the molecule is Cn1cc(Nc2cc(Cl)nc(C(C)(C)C)n2)cn1. The summed E-state index contributed by atoms with van der Waals surface area (Å²) in [4.78, 5) is 8.71. The molecule has 1 N–H and O–H groups in total. The first-order chi connectivity index (χ1) is 8.34. The lowest BCUT2D eigenvalue weighted by Gasteiger charge is -2.17. The van der Waals surface area contributed by atoms with Crippen LogP contribution >= 0.6 is 11.6 Å². The number of halogens is 1. The third kappa shape index (κ3) is 2.98. The van der Waals surface area contributed by atoms with Gasteiger partial charge in [-0.1, -0.05) is 32.4 Å². The smallest absolute Gasteiger partial charge is 0.137 e. The summed E-state index contributed by atoms with van der Waals surface area (Å²) in [6, 6.07) is 1.70. The molecule has 0 fully saturated rings. The number of aryl methyl sites for hydroxylation is 1. The van der Waals surface area contributed by atoms with Crippen molar-refractivity contribution in [3.05, 3.63) is 29.4 Å². The minimum Gasteiger partial charge on any atom is -0.338 e. The summed E-state index contributed by atoms with van der Waals surface area (Å²) in [5, 5.41) is 7.68. The first-order valence-corrected chi connectivity index (χ1v) is 6.03. The van der Waals surface area contributed by atoms with Crippen LogP contribution in [0.25, 0.3) is 0 Å². The van der Waals surface area contributed by atoms with Crippen molar-refractivity contribution >= 4 is 23.1 Å². The molecule has 0 unspecified atom stereocenters. The lowest BCUT2D eigenvalue weighted by molar-refractivity contribution is 0.546. The van der Waals surface area contributed by atoms with Crippen LogP contribution in [-0.4, -0.2) is 19.7 Å². The summed E-state index contributed by atoms with van der Waals surface area (Å²) in [5.74, 6) is 1.38. The van der Waals surface area contributed by atoms with Gasteiger partial charge in [0, 0.05) is 24.7 Å². The maximum absolute atomic E-state index is 6.02. The van der Waals surface area contributed by atoms with Gasteiger partial charge in [-0.2, -0.15) is 5.10 Å². The van der Waals surface area contributed by atoms with E-state index in [-0.39, 0.29) is 5.41 Å². The maximum atomic E-state index is 6.02. The van der Waals surface area contributed by atoms with E-state index in [1.807, 2.05) is 34.0 Å². The monoisotopic (exact) mass is 265 g/mol. The molecule has 0 saturated heterocycles. The minimum absolute atomic E-state index is 0.143. The molecule has 0 amide bonds. The van der Waals surface area contributed by atoms with Gasteiger partial charge < -0.3 is 5.32 Å². The average molecular weight is 266 g/mol. The molecular weight excluding hydrogens is 250 g/mol. The van der Waals surface area contributed by atoms with Gasteiger partial charge in [-0.25, -0.2) is 9.97 Å². The van der Waals surface area contributed by atoms with Gasteiger partial charge in [-0.15, -0.1) is 0 Å². The van der Waals surface area contributed by atoms with E-state index in [9.17, 15) is 0 Å². The molecular formula is C12H16ClN5. The van der Waals surface area contributed by atoms with E-state index in [0.29, 0.717) is 16.8 Å². The van der Waals surface area contributed by atoms with E-state index in [4.69, 9.17) is 11.6 Å². The van der Waals surface area contributed by atoms with Crippen LogP contribution < -0.4 is 5.32 Å². The Morgan fingerprint density at radius 3 is 2.56 bits per heavy atom. The predicted octanol–water partition coefficient (Wildman–Crippen LogP) is 2.90. The highest BCUT2D eigenvalue weighted by atomic mass is 35.5. The number of hydrogen-bond donors (Lipinski definition) is 1. The van der Waals surface area contributed by atoms with Crippen molar-refractivity contribution in [1.29, 1.82) is 0 Å². The van der Waals surface area contributed by atoms with Gasteiger partial charge in [0.2, 0.25) is 0 Å². The van der Waals surface area contributed by atoms with E-state index < -0.39 is 0 Å². The van der Waals surface area contributed by atoms with Gasteiger partial charge in [0.25, 0.3) is 0 Å². The standard InChI is InChI=1S/C12H16ClN5/c1-12(2,3)11-16-9(13)5-10(17-11)15-8-6-14-18(4)7-8/h5-7H,1-4H3,(H,15,16,17). The lowest BCUT2D eigenvalue weighted by atomic mass is 9.96. The number of hydrogen-bond acceptors (Lipinski definition) is 4. The zero-order valence-electron chi connectivity index (χ0n) is 10.9. The van der Waals surface area contributed by atoms with Crippen LogP contribution in [0, 0.1) is 0 Å². The third-order valence-corrected chi connectivity index (χ3v) is 2.54. The van der Waals surface area contributed by atoms with Crippen LogP contribution in [0.4, 0.5) is 11.5 Å². The molecule has 0 aromatic carbocycles. The molecule has 0 atom stereocenters. The molecule has 2 heterocycles. The molecule has 0 radical (unpaired) electrons. The van der Waals surface area contributed by atoms with Gasteiger partial charge in [-0.3, -0.25) is 4.68 Å². The topological polar surface area (TPSA) is 55.6 Å². The number of rotatable bonds is 2. The van der Waals surface area contributed by atoms with Gasteiger partial charge in [0.15, 0.2) is 0 Å². The molecule has 96 valence electrons. The average Bonchev–Trinajstić information content (AvgIpc) is 2.61. The van der Waals surface area contributed by atoms with Gasteiger partial charge in [0.1, 0.15) is 16.8 Å². The van der Waals surface area contributed by atoms with Crippen LogP contribution in [0.15, 0.2) is 18.5 Å². The molecule has 2 aromatic heterocycles. The summed E-state index contributed by atoms with van der Waals surface area (Å²) in [6.07, 6.45) is 3.60. The van der Waals surface area contributed by atoms with Crippen LogP contribution in [0.1, 0.15) is 26.6 Å². The summed E-state index contributed by atoms with van der Waals surface area (Å²) >= 11 is 6.02. The summed E-state index contributed by atoms with van der Waals surface area (Å²) in [7, 11) is 1.86. The van der Waals surface area contributed by atoms with E-state index in [1.54, 1.807) is 16.9 Å². The van der Waals surface area contributed by atoms with Gasteiger partial charge >= 0.3 is 0 Å². The van der Waals surface area contributed by atoms with E-state index in [2.05, 4.69) is 20.4 Å². The number of anilines is 2. The van der Waals surface area contributed by atoms with Crippen molar-refractivity contribution in [3.63, 3.8) is 0 Å². The Kier molecular flexibility index (Phi) is 3.26. The molecule has 0 aliphatic carbocycles. The Balaban J connectivity index is 2.31. The highest BCUT2D eigenvalue weighted by molar-refractivity contribution is 6.29. The third-order valence-electron chi connectivity index (χ3n) is 2.34. The number of aromatic nitrogens is 4. The molecule has 0 bridgehead atoms. The molecule has 5 nitrogen and oxygen atoms in total. The number of nitrogens with zero attached hydrogens (tertiary/aromatic N) is 4. The maximum Gasteiger partial charge on any atom is 0.137 e. The van der Waals surface area contributed by atoms with E-state index in [0.717, 1.165) is 5.69 Å². The Bertz CT molecular complexity index is 556. The Morgan fingerprint density at radius 1 is 1.28 bits per heavy atom. The van der Waals surface area contributed by atoms with Crippen LogP contribution in [0.3, 0.4) is 0 Å². The summed E-state index contributed by atoms with van der Waals surface area (Å²) in [6.45, 7) is 6.14. The molecule has 6 heteroatoms. The van der Waals surface area contributed by atoms with Crippen molar-refractivity contribution in [3.8, 4) is 0 Å². The highest BCUT2D eigenvalue weighted by Crippen LogP contribution is 2.23. The molecule has 0 aliphatic heterocycles. The van der Waals surface area contributed by atoms with Crippen molar-refractivity contribution in [2.45, 2.75) is 26.2 Å². The quantitative estimate of drug-likeness (QED) is 0.849. The van der Waals surface area contributed by atoms with Crippen LogP contribution in [-0.2, 0) is 12.5 Å². The van der Waals surface area contributed by atoms with Crippen LogP contribution in [0.2, 0.25) is 5.15 Å². The van der Waals surface area contributed by atoms with E-state index >= 15 is 0 Å². The molecule has 2 rings (SSSR count). The second-order valence-electron chi connectivity index (χ2n) is 5.18. The van der Waals surface area contributed by atoms with Gasteiger partial charge in [0.05, 0.1) is 11.9 Å². The first-order valence-electron chi connectivity index (χ1n) is 5.65. The van der Waals surface area contributed by atoms with Crippen molar-refractivity contribution in [2.75, 3.05) is 5.32 Å². The molecule has 2 aromatic rings. The second-order valence-corrected chi connectivity index (χ2v) is 5.56. The van der Waals surface area contributed by atoms with Crippen molar-refractivity contribution in [2.24, 2.45) is 7.05 Å². The summed E-state index contributed by atoms with van der Waals surface area (Å²) < 4.78 is 1.72. The fraction of sp³-hybridized carbons (Fsp3) is 0.417. The fourth-order valence-electron chi connectivity index (χ4n) is 1.45. The zero-order valence-corrected chi connectivity index (χ0v) is 11.7. The second kappa shape index (κ2) is 4.57. The lowest BCUT2D eigenvalue weighted by Crippen LogP contribution is -2.16. The fourth-order valence-corrected chi connectivity index (χ4v) is 1.63. The van der Waals surface area contributed by atoms with Crippen molar-refractivity contribution in [1.82, 2.24) is 19.7 Å². The van der Waals surface area contributed by atoms with E-state index in [1.165, 1.54) is 0 Å². The first kappa shape index (κ1) is 12.8. The highest BCUT2D eigenvalue weighted by Gasteiger charge is 2.18. The number of nitrogens with one attached hydrogen (secondary N) is 1. The molecule has 0 spiro atoms. The largest absolute Gasteiger partial charge is 0.338 e. The minimum atomic E-state index is -0.143. The Hall–Kier alpha value is -1.62. The predicted molar refractivity (Wildman–Crippen MR) is 72.2 cm³/mol. The Morgan fingerprint density at radius 2 is 2.00 bits per heavy atom. The van der Waals surface area contributed by atoms with Gasteiger partial charge in [-0.05, 0) is 0 Å². The zero-order chi connectivity index (χ0) is 13.3. The molecule has 0 saturated carbocycles. The summed E-state index contributed by atoms with van der Waals surface area (Å²) in [5.41, 5.74) is 0.725. The molecule has 0 aliphatic rings. The van der Waals surface area contributed by atoms with Crippen LogP contribution in [0.5, 0.6) is 0 Å². The van der Waals surface area contributed by atoms with Crippen molar-refractivity contribution < 1.29 is 0 Å². The normalized spacial score (nSPS) is 11.6. The molecule has 18 heavy (non-hydrogen) atoms. The Labute approximate surface area is 111 Å².